The Morgan fingerprint density at radius 2 is 1.52 bits per heavy atom. The van der Waals surface area contributed by atoms with E-state index in [1.807, 2.05) is 30.3 Å². The molecule has 2 aromatic rings. The van der Waals surface area contributed by atoms with Crippen molar-refractivity contribution < 1.29 is 26.8 Å². The van der Waals surface area contributed by atoms with E-state index in [4.69, 9.17) is 9.05 Å². The van der Waals surface area contributed by atoms with Crippen LogP contribution in [0.5, 0.6) is 0 Å². The zero-order valence-corrected chi connectivity index (χ0v) is 16.1. The Balaban J connectivity index is 2.34. The highest BCUT2D eigenvalue weighted by molar-refractivity contribution is 7.54. The molecule has 0 bridgehead atoms. The molecule has 148 valence electrons. The summed E-state index contributed by atoms with van der Waals surface area (Å²) in [5.41, 5.74) is 0.578. The average molecular weight is 401 g/mol. The minimum Gasteiger partial charge on any atom is -0.308 e. The Kier molecular flexibility index (Phi) is 7.62. The van der Waals surface area contributed by atoms with Gasteiger partial charge in [0.1, 0.15) is 5.78 Å². The van der Waals surface area contributed by atoms with Crippen molar-refractivity contribution in [1.82, 2.24) is 5.32 Å². The largest absolute Gasteiger partial charge is 0.416 e. The molecule has 0 radical (unpaired) electrons. The normalized spacial score (nSPS) is 13.5. The summed E-state index contributed by atoms with van der Waals surface area (Å²) in [7, 11) is -3.64. The van der Waals surface area contributed by atoms with E-state index in [0.717, 1.165) is 17.7 Å². The molecule has 1 atom stereocenters. The third-order valence-electron chi connectivity index (χ3n) is 3.83. The van der Waals surface area contributed by atoms with Gasteiger partial charge in [-0.25, -0.2) is 0 Å². The lowest BCUT2D eigenvalue weighted by Gasteiger charge is -2.28. The quantitative estimate of drug-likeness (QED) is 0.543. The van der Waals surface area contributed by atoms with Crippen molar-refractivity contribution in [3.05, 3.63) is 71.3 Å². The maximum atomic E-state index is 13.3. The maximum Gasteiger partial charge on any atom is 0.416 e. The first-order valence-electron chi connectivity index (χ1n) is 8.63. The van der Waals surface area contributed by atoms with Gasteiger partial charge in [-0.3, -0.25) is 9.88 Å². The number of hydrogen-bond donors (Lipinski definition) is 1. The second-order valence-corrected chi connectivity index (χ2v) is 7.88. The summed E-state index contributed by atoms with van der Waals surface area (Å²) in [6.07, 6.45) is -4.44. The zero-order chi connectivity index (χ0) is 19.9. The third-order valence-corrected chi connectivity index (χ3v) is 6.18. The number of halogens is 3. The van der Waals surface area contributed by atoms with Gasteiger partial charge in [-0.05, 0) is 37.1 Å². The van der Waals surface area contributed by atoms with Crippen molar-refractivity contribution in [1.29, 1.82) is 0 Å². The molecule has 2 aromatic carbocycles. The van der Waals surface area contributed by atoms with Crippen molar-refractivity contribution >= 4 is 7.60 Å². The number of nitrogens with one attached hydrogen (secondary N) is 1. The van der Waals surface area contributed by atoms with E-state index in [1.54, 1.807) is 13.8 Å². The number of rotatable bonds is 9. The van der Waals surface area contributed by atoms with Crippen LogP contribution >= 0.6 is 7.60 Å². The van der Waals surface area contributed by atoms with E-state index in [0.29, 0.717) is 12.1 Å². The van der Waals surface area contributed by atoms with E-state index in [2.05, 4.69) is 5.32 Å². The molecular weight excluding hydrogens is 378 g/mol. The molecule has 0 heterocycles. The molecule has 4 nitrogen and oxygen atoms in total. The van der Waals surface area contributed by atoms with Crippen LogP contribution in [-0.4, -0.2) is 13.2 Å². The van der Waals surface area contributed by atoms with Gasteiger partial charge in [0.15, 0.2) is 0 Å². The van der Waals surface area contributed by atoms with Crippen molar-refractivity contribution in [2.24, 2.45) is 0 Å². The third kappa shape index (κ3) is 5.91. The van der Waals surface area contributed by atoms with Crippen molar-refractivity contribution in [3.63, 3.8) is 0 Å². The fourth-order valence-electron chi connectivity index (χ4n) is 2.62. The molecule has 27 heavy (non-hydrogen) atoms. The first-order valence-corrected chi connectivity index (χ1v) is 10.2. The van der Waals surface area contributed by atoms with Gasteiger partial charge >= 0.3 is 13.8 Å². The monoisotopic (exact) mass is 401 g/mol. The zero-order valence-electron chi connectivity index (χ0n) is 15.2. The minimum atomic E-state index is -4.44. The van der Waals surface area contributed by atoms with Gasteiger partial charge in [0.25, 0.3) is 0 Å². The second kappa shape index (κ2) is 9.51. The summed E-state index contributed by atoms with van der Waals surface area (Å²) in [6, 6.07) is 13.9. The SMILES string of the molecule is CCOP(=O)(OCC)C(NCc1ccccc1)c1ccc(C(F)(F)F)cc1. The maximum absolute atomic E-state index is 13.3. The molecule has 0 amide bonds. The molecule has 0 aliphatic carbocycles. The lowest BCUT2D eigenvalue weighted by atomic mass is 10.1. The van der Waals surface area contributed by atoms with Gasteiger partial charge < -0.3 is 9.05 Å². The highest BCUT2D eigenvalue weighted by Crippen LogP contribution is 2.59. The Morgan fingerprint density at radius 3 is 2.00 bits per heavy atom. The Bertz CT molecular complexity index is 741. The molecule has 0 saturated heterocycles. The molecule has 0 aliphatic heterocycles. The Morgan fingerprint density at radius 1 is 0.963 bits per heavy atom. The van der Waals surface area contributed by atoms with Gasteiger partial charge in [0.2, 0.25) is 0 Å². The summed E-state index contributed by atoms with van der Waals surface area (Å²) in [4.78, 5) is 0. The first-order chi connectivity index (χ1) is 12.8. The number of benzene rings is 2. The standard InChI is InChI=1S/C19H23F3NO3P/c1-3-25-27(24,26-4-2)18(23-14-15-8-6-5-7-9-15)16-10-12-17(13-11-16)19(20,21)22/h5-13,18,23H,3-4,14H2,1-2H3. The lowest BCUT2D eigenvalue weighted by Crippen LogP contribution is -2.23. The summed E-state index contributed by atoms with van der Waals surface area (Å²) in [6.45, 7) is 4.04. The predicted octanol–water partition coefficient (Wildman–Crippen LogP) is 5.76. The molecule has 0 fully saturated rings. The second-order valence-electron chi connectivity index (χ2n) is 5.76. The molecule has 0 aromatic heterocycles. The molecule has 2 rings (SSSR count). The molecule has 0 spiro atoms. The molecule has 0 aliphatic rings. The highest BCUT2D eigenvalue weighted by atomic mass is 31.2. The molecule has 1 unspecified atom stereocenters. The van der Waals surface area contributed by atoms with E-state index in [1.165, 1.54) is 12.1 Å². The van der Waals surface area contributed by atoms with E-state index in [9.17, 15) is 17.7 Å². The van der Waals surface area contributed by atoms with Crippen LogP contribution in [-0.2, 0) is 26.3 Å². The van der Waals surface area contributed by atoms with Crippen LogP contribution in [0.15, 0.2) is 54.6 Å². The molecular formula is C19H23F3NO3P. The van der Waals surface area contributed by atoms with Crippen molar-refractivity contribution in [2.45, 2.75) is 32.4 Å². The van der Waals surface area contributed by atoms with Gasteiger partial charge in [0.05, 0.1) is 18.8 Å². The first kappa shape index (κ1) is 21.6. The van der Waals surface area contributed by atoms with Crippen molar-refractivity contribution in [2.75, 3.05) is 13.2 Å². The summed E-state index contributed by atoms with van der Waals surface area (Å²) in [5.74, 6) is -0.889. The summed E-state index contributed by atoms with van der Waals surface area (Å²) in [5, 5.41) is 3.13. The van der Waals surface area contributed by atoms with Crippen molar-refractivity contribution in [3.8, 4) is 0 Å². The van der Waals surface area contributed by atoms with Crippen LogP contribution in [0.4, 0.5) is 13.2 Å². The predicted molar refractivity (Wildman–Crippen MR) is 98.3 cm³/mol. The summed E-state index contributed by atoms with van der Waals surface area (Å²) < 4.78 is 62.7. The van der Waals surface area contributed by atoms with E-state index < -0.39 is 25.1 Å². The fraction of sp³-hybridized carbons (Fsp3) is 0.368. The van der Waals surface area contributed by atoms with Gasteiger partial charge in [-0.2, -0.15) is 13.2 Å². The van der Waals surface area contributed by atoms with Crippen LogP contribution in [0.25, 0.3) is 0 Å². The van der Waals surface area contributed by atoms with Gasteiger partial charge in [-0.15, -0.1) is 0 Å². The summed E-state index contributed by atoms with van der Waals surface area (Å²) >= 11 is 0. The van der Waals surface area contributed by atoms with Crippen LogP contribution < -0.4 is 5.32 Å². The smallest absolute Gasteiger partial charge is 0.308 e. The Labute approximate surface area is 157 Å². The number of alkyl halides is 3. The number of hydrogen-bond acceptors (Lipinski definition) is 4. The Hall–Kier alpha value is -1.66. The van der Waals surface area contributed by atoms with E-state index in [-0.39, 0.29) is 13.2 Å². The molecule has 1 N–H and O–H groups in total. The molecule has 8 heteroatoms. The van der Waals surface area contributed by atoms with Crippen LogP contribution in [0.1, 0.15) is 36.3 Å². The molecule has 0 saturated carbocycles. The average Bonchev–Trinajstić information content (AvgIpc) is 2.63. The van der Waals surface area contributed by atoms with Crippen LogP contribution in [0.3, 0.4) is 0 Å². The van der Waals surface area contributed by atoms with Gasteiger partial charge in [0, 0.05) is 6.54 Å². The van der Waals surface area contributed by atoms with E-state index >= 15 is 0 Å². The minimum absolute atomic E-state index is 0.154. The van der Waals surface area contributed by atoms with Crippen LogP contribution in [0, 0.1) is 0 Å². The van der Waals surface area contributed by atoms with Crippen LogP contribution in [0.2, 0.25) is 0 Å². The highest BCUT2D eigenvalue weighted by Gasteiger charge is 2.37. The topological polar surface area (TPSA) is 47.6 Å². The fourth-order valence-corrected chi connectivity index (χ4v) is 4.57. The van der Waals surface area contributed by atoms with Gasteiger partial charge in [-0.1, -0.05) is 42.5 Å². The lowest BCUT2D eigenvalue weighted by molar-refractivity contribution is -0.137.